The van der Waals surface area contributed by atoms with E-state index < -0.39 is 5.54 Å². The lowest BCUT2D eigenvalue weighted by Gasteiger charge is -2.26. The molecule has 1 aliphatic heterocycles. The first-order valence-corrected chi connectivity index (χ1v) is 7.94. The van der Waals surface area contributed by atoms with Crippen LogP contribution < -0.4 is 16.0 Å². The van der Waals surface area contributed by atoms with E-state index in [4.69, 9.17) is 0 Å². The second kappa shape index (κ2) is 6.92. The molecular formula is C17H25N3O2. The van der Waals surface area contributed by atoms with Crippen LogP contribution in [0.5, 0.6) is 0 Å². The molecule has 5 heteroatoms. The predicted molar refractivity (Wildman–Crippen MR) is 88.8 cm³/mol. The lowest BCUT2D eigenvalue weighted by Crippen LogP contribution is -2.50. The molecule has 22 heavy (non-hydrogen) atoms. The Morgan fingerprint density at radius 2 is 1.95 bits per heavy atom. The zero-order valence-electron chi connectivity index (χ0n) is 13.5. The van der Waals surface area contributed by atoms with Gasteiger partial charge in [-0.25, -0.2) is 0 Å². The third kappa shape index (κ3) is 3.65. The normalized spacial score (nSPS) is 20.9. The molecule has 5 nitrogen and oxygen atoms in total. The van der Waals surface area contributed by atoms with Gasteiger partial charge in [0.1, 0.15) is 0 Å². The Morgan fingerprint density at radius 3 is 2.50 bits per heavy atom. The molecule has 2 rings (SSSR count). The number of hydrogen-bond donors (Lipinski definition) is 3. The minimum atomic E-state index is -0.461. The number of carbonyl (C=O) groups is 2. The monoisotopic (exact) mass is 303 g/mol. The average molecular weight is 303 g/mol. The molecule has 1 saturated heterocycles. The molecule has 120 valence electrons. The third-order valence-corrected chi connectivity index (χ3v) is 4.19. The molecule has 1 aromatic carbocycles. The van der Waals surface area contributed by atoms with Gasteiger partial charge in [-0.1, -0.05) is 26.8 Å². The van der Waals surface area contributed by atoms with Crippen LogP contribution in [0, 0.1) is 5.92 Å². The van der Waals surface area contributed by atoms with Gasteiger partial charge in [-0.15, -0.1) is 0 Å². The summed E-state index contributed by atoms with van der Waals surface area (Å²) in [6.07, 6.45) is 2.65. The van der Waals surface area contributed by atoms with Crippen LogP contribution in [0.1, 0.15) is 40.0 Å². The Hall–Kier alpha value is -1.88. The van der Waals surface area contributed by atoms with Crippen molar-refractivity contribution in [1.82, 2.24) is 5.32 Å². The topological polar surface area (TPSA) is 70.2 Å². The highest BCUT2D eigenvalue weighted by atomic mass is 16.2. The van der Waals surface area contributed by atoms with Crippen LogP contribution >= 0.6 is 0 Å². The Labute approximate surface area is 131 Å². The molecule has 0 spiro atoms. The highest BCUT2D eigenvalue weighted by molar-refractivity contribution is 5.99. The van der Waals surface area contributed by atoms with E-state index in [2.05, 4.69) is 16.0 Å². The lowest BCUT2D eigenvalue weighted by molar-refractivity contribution is -0.122. The smallest absolute Gasteiger partial charge is 0.244 e. The molecular weight excluding hydrogens is 278 g/mol. The van der Waals surface area contributed by atoms with Gasteiger partial charge in [-0.3, -0.25) is 9.59 Å². The number of nitrogens with one attached hydrogen (secondary N) is 3. The van der Waals surface area contributed by atoms with E-state index in [0.717, 1.165) is 25.8 Å². The standard InChI is InChI=1S/C17H25N3O2/c1-4-17(9-6-10-18-17)16(22)20-14-8-5-7-13(11-14)19-15(21)12(2)3/h5,7-8,11-12,18H,4,6,9-10H2,1-3H3,(H,19,21)(H,20,22). The van der Waals surface area contributed by atoms with E-state index >= 15 is 0 Å². The van der Waals surface area contributed by atoms with Gasteiger partial charge in [0.25, 0.3) is 0 Å². The zero-order valence-corrected chi connectivity index (χ0v) is 13.5. The van der Waals surface area contributed by atoms with Crippen LogP contribution in [-0.2, 0) is 9.59 Å². The van der Waals surface area contributed by atoms with Crippen LogP contribution in [0.3, 0.4) is 0 Å². The molecule has 0 bridgehead atoms. The van der Waals surface area contributed by atoms with Gasteiger partial charge in [0.2, 0.25) is 11.8 Å². The minimum Gasteiger partial charge on any atom is -0.326 e. The van der Waals surface area contributed by atoms with Crippen LogP contribution in [-0.4, -0.2) is 23.9 Å². The summed E-state index contributed by atoms with van der Waals surface area (Å²) in [6, 6.07) is 7.27. The number of rotatable bonds is 5. The van der Waals surface area contributed by atoms with Crippen molar-refractivity contribution < 1.29 is 9.59 Å². The number of benzene rings is 1. The minimum absolute atomic E-state index is 0.000152. The lowest BCUT2D eigenvalue weighted by atomic mass is 9.93. The van der Waals surface area contributed by atoms with Crippen molar-refractivity contribution in [3.63, 3.8) is 0 Å². The first-order chi connectivity index (χ1) is 10.5. The number of amides is 2. The first kappa shape index (κ1) is 16.5. The van der Waals surface area contributed by atoms with Gasteiger partial charge in [-0.05, 0) is 44.0 Å². The molecule has 0 aliphatic carbocycles. The summed E-state index contributed by atoms with van der Waals surface area (Å²) in [4.78, 5) is 24.3. The highest BCUT2D eigenvalue weighted by Gasteiger charge is 2.39. The maximum Gasteiger partial charge on any atom is 0.244 e. The second-order valence-electron chi connectivity index (χ2n) is 6.14. The van der Waals surface area contributed by atoms with Crippen LogP contribution in [0.2, 0.25) is 0 Å². The van der Waals surface area contributed by atoms with Gasteiger partial charge in [0, 0.05) is 17.3 Å². The molecule has 1 unspecified atom stereocenters. The Kier molecular flexibility index (Phi) is 5.19. The average Bonchev–Trinajstić information content (AvgIpc) is 2.97. The first-order valence-electron chi connectivity index (χ1n) is 7.94. The predicted octanol–water partition coefficient (Wildman–Crippen LogP) is 2.75. The molecule has 3 N–H and O–H groups in total. The molecule has 1 aliphatic rings. The summed E-state index contributed by atoms with van der Waals surface area (Å²) in [7, 11) is 0. The van der Waals surface area contributed by atoms with Crippen molar-refractivity contribution in [2.24, 2.45) is 5.92 Å². The Balaban J connectivity index is 2.07. The van der Waals surface area contributed by atoms with Crippen molar-refractivity contribution in [3.8, 4) is 0 Å². The van der Waals surface area contributed by atoms with Crippen molar-refractivity contribution in [3.05, 3.63) is 24.3 Å². The van der Waals surface area contributed by atoms with Gasteiger partial charge in [0.05, 0.1) is 5.54 Å². The van der Waals surface area contributed by atoms with E-state index in [1.807, 2.05) is 39.0 Å². The third-order valence-electron chi connectivity index (χ3n) is 4.19. The molecule has 1 atom stereocenters. The number of carbonyl (C=O) groups excluding carboxylic acids is 2. The van der Waals surface area contributed by atoms with Gasteiger partial charge in [0.15, 0.2) is 0 Å². The second-order valence-corrected chi connectivity index (χ2v) is 6.14. The summed E-state index contributed by atoms with van der Waals surface area (Å²) in [5, 5.41) is 9.13. The molecule has 1 heterocycles. The summed E-state index contributed by atoms with van der Waals surface area (Å²) in [6.45, 7) is 6.60. The van der Waals surface area contributed by atoms with Crippen molar-refractivity contribution >= 4 is 23.2 Å². The largest absolute Gasteiger partial charge is 0.326 e. The molecule has 1 fully saturated rings. The van der Waals surface area contributed by atoms with Gasteiger partial charge in [-0.2, -0.15) is 0 Å². The SMILES string of the molecule is CCC1(C(=O)Nc2cccc(NC(=O)C(C)C)c2)CCCN1. The van der Waals surface area contributed by atoms with Crippen LogP contribution in [0.4, 0.5) is 11.4 Å². The molecule has 1 aromatic rings. The number of anilines is 2. The van der Waals surface area contributed by atoms with Crippen molar-refractivity contribution in [2.75, 3.05) is 17.2 Å². The van der Waals surface area contributed by atoms with E-state index in [9.17, 15) is 9.59 Å². The Morgan fingerprint density at radius 1 is 1.27 bits per heavy atom. The van der Waals surface area contributed by atoms with Crippen LogP contribution in [0.15, 0.2) is 24.3 Å². The Bertz CT molecular complexity index is 549. The van der Waals surface area contributed by atoms with Crippen molar-refractivity contribution in [1.29, 1.82) is 0 Å². The van der Waals surface area contributed by atoms with Crippen LogP contribution in [0.25, 0.3) is 0 Å². The molecule has 0 aromatic heterocycles. The summed E-state index contributed by atoms with van der Waals surface area (Å²) in [5.74, 6) is -0.116. The number of hydrogen-bond acceptors (Lipinski definition) is 3. The zero-order chi connectivity index (χ0) is 16.2. The van der Waals surface area contributed by atoms with Crippen molar-refractivity contribution in [2.45, 2.75) is 45.6 Å². The molecule has 0 saturated carbocycles. The summed E-state index contributed by atoms with van der Waals surface area (Å²) in [5.41, 5.74) is 0.937. The maximum atomic E-state index is 12.5. The van der Waals surface area contributed by atoms with E-state index in [-0.39, 0.29) is 17.7 Å². The summed E-state index contributed by atoms with van der Waals surface area (Å²) < 4.78 is 0. The quantitative estimate of drug-likeness (QED) is 0.783. The molecule has 2 amide bonds. The maximum absolute atomic E-state index is 12.5. The van der Waals surface area contributed by atoms with Gasteiger partial charge >= 0.3 is 0 Å². The highest BCUT2D eigenvalue weighted by Crippen LogP contribution is 2.25. The summed E-state index contributed by atoms with van der Waals surface area (Å²) >= 11 is 0. The van der Waals surface area contributed by atoms with E-state index in [1.165, 1.54) is 0 Å². The van der Waals surface area contributed by atoms with E-state index in [0.29, 0.717) is 11.4 Å². The van der Waals surface area contributed by atoms with Gasteiger partial charge < -0.3 is 16.0 Å². The molecule has 0 radical (unpaired) electrons. The fraction of sp³-hybridized carbons (Fsp3) is 0.529. The van der Waals surface area contributed by atoms with E-state index in [1.54, 1.807) is 6.07 Å². The fourth-order valence-electron chi connectivity index (χ4n) is 2.67. The fourth-order valence-corrected chi connectivity index (χ4v) is 2.67.